The summed E-state index contributed by atoms with van der Waals surface area (Å²) in [6, 6.07) is 3.00. The molecule has 6 heteroatoms. The van der Waals surface area contributed by atoms with Crippen LogP contribution in [0.2, 0.25) is 0 Å². The lowest BCUT2D eigenvalue weighted by atomic mass is 10.1. The first-order chi connectivity index (χ1) is 9.50. The SMILES string of the molecule is CC(NC(=O)c1ccco1)C(=O)N1CCNC(C)C1C. The van der Waals surface area contributed by atoms with E-state index >= 15 is 0 Å². The Kier molecular flexibility index (Phi) is 4.44. The summed E-state index contributed by atoms with van der Waals surface area (Å²) in [6.07, 6.45) is 1.43. The van der Waals surface area contributed by atoms with Crippen LogP contribution >= 0.6 is 0 Å². The molecule has 1 fully saturated rings. The lowest BCUT2D eigenvalue weighted by Crippen LogP contribution is -2.60. The van der Waals surface area contributed by atoms with Gasteiger partial charge in [-0.3, -0.25) is 9.59 Å². The number of hydrogen-bond donors (Lipinski definition) is 2. The molecule has 0 spiro atoms. The number of hydrogen-bond acceptors (Lipinski definition) is 4. The predicted octanol–water partition coefficient (Wildman–Crippen LogP) is 0.607. The van der Waals surface area contributed by atoms with Gasteiger partial charge in [0.1, 0.15) is 6.04 Å². The second-order valence-corrected chi connectivity index (χ2v) is 5.19. The van der Waals surface area contributed by atoms with Crippen LogP contribution in [0.3, 0.4) is 0 Å². The van der Waals surface area contributed by atoms with Crippen LogP contribution in [-0.4, -0.2) is 47.9 Å². The minimum atomic E-state index is -0.569. The monoisotopic (exact) mass is 279 g/mol. The van der Waals surface area contributed by atoms with Crippen molar-refractivity contribution in [3.8, 4) is 0 Å². The van der Waals surface area contributed by atoms with E-state index in [1.807, 2.05) is 11.8 Å². The fourth-order valence-corrected chi connectivity index (χ4v) is 2.35. The smallest absolute Gasteiger partial charge is 0.287 e. The molecule has 0 aromatic carbocycles. The summed E-state index contributed by atoms with van der Waals surface area (Å²) in [7, 11) is 0. The topological polar surface area (TPSA) is 74.6 Å². The molecule has 0 bridgehead atoms. The van der Waals surface area contributed by atoms with E-state index in [0.717, 1.165) is 6.54 Å². The molecule has 110 valence electrons. The van der Waals surface area contributed by atoms with Gasteiger partial charge in [0.05, 0.1) is 6.26 Å². The molecule has 3 unspecified atom stereocenters. The summed E-state index contributed by atoms with van der Waals surface area (Å²) < 4.78 is 5.01. The highest BCUT2D eigenvalue weighted by molar-refractivity contribution is 5.95. The van der Waals surface area contributed by atoms with Gasteiger partial charge in [0.2, 0.25) is 5.91 Å². The van der Waals surface area contributed by atoms with E-state index in [4.69, 9.17) is 4.42 Å². The Hall–Kier alpha value is -1.82. The molecule has 2 N–H and O–H groups in total. The number of piperazine rings is 1. The molecule has 2 heterocycles. The minimum Gasteiger partial charge on any atom is -0.459 e. The van der Waals surface area contributed by atoms with Crippen molar-refractivity contribution in [2.24, 2.45) is 0 Å². The van der Waals surface area contributed by atoms with E-state index < -0.39 is 6.04 Å². The molecule has 20 heavy (non-hydrogen) atoms. The second kappa shape index (κ2) is 6.09. The van der Waals surface area contributed by atoms with E-state index in [2.05, 4.69) is 17.6 Å². The van der Waals surface area contributed by atoms with Crippen molar-refractivity contribution in [2.75, 3.05) is 13.1 Å². The van der Waals surface area contributed by atoms with Crippen LogP contribution in [-0.2, 0) is 4.79 Å². The zero-order chi connectivity index (χ0) is 14.7. The van der Waals surface area contributed by atoms with Gasteiger partial charge in [0.15, 0.2) is 5.76 Å². The highest BCUT2D eigenvalue weighted by Crippen LogP contribution is 2.11. The Bertz CT molecular complexity index is 472. The average Bonchev–Trinajstić information content (AvgIpc) is 2.95. The molecule has 0 aliphatic carbocycles. The van der Waals surface area contributed by atoms with Crippen LogP contribution in [0, 0.1) is 0 Å². The highest BCUT2D eigenvalue weighted by Gasteiger charge is 2.31. The Labute approximate surface area is 118 Å². The molecule has 6 nitrogen and oxygen atoms in total. The average molecular weight is 279 g/mol. The van der Waals surface area contributed by atoms with Gasteiger partial charge in [0.25, 0.3) is 5.91 Å². The molecular formula is C14H21N3O3. The Morgan fingerprint density at radius 3 is 2.90 bits per heavy atom. The maximum absolute atomic E-state index is 12.4. The van der Waals surface area contributed by atoms with Crippen LogP contribution in [0.15, 0.2) is 22.8 Å². The molecule has 2 amide bonds. The van der Waals surface area contributed by atoms with Crippen molar-refractivity contribution in [3.05, 3.63) is 24.2 Å². The van der Waals surface area contributed by atoms with Crippen LogP contribution in [0.1, 0.15) is 31.3 Å². The summed E-state index contributed by atoms with van der Waals surface area (Å²) >= 11 is 0. The van der Waals surface area contributed by atoms with Gasteiger partial charge in [-0.2, -0.15) is 0 Å². The first kappa shape index (κ1) is 14.6. The van der Waals surface area contributed by atoms with Gasteiger partial charge in [-0.1, -0.05) is 0 Å². The third-order valence-corrected chi connectivity index (χ3v) is 3.78. The number of rotatable bonds is 3. The molecule has 1 saturated heterocycles. The molecular weight excluding hydrogens is 258 g/mol. The zero-order valence-electron chi connectivity index (χ0n) is 12.1. The molecule has 0 radical (unpaired) electrons. The van der Waals surface area contributed by atoms with E-state index in [1.165, 1.54) is 6.26 Å². The van der Waals surface area contributed by atoms with Crippen LogP contribution in [0.4, 0.5) is 0 Å². The number of amides is 2. The minimum absolute atomic E-state index is 0.0641. The Morgan fingerprint density at radius 1 is 1.50 bits per heavy atom. The molecule has 1 aliphatic rings. The Balaban J connectivity index is 1.96. The fraction of sp³-hybridized carbons (Fsp3) is 0.571. The van der Waals surface area contributed by atoms with Gasteiger partial charge < -0.3 is 20.0 Å². The summed E-state index contributed by atoms with van der Waals surface area (Å²) in [6.45, 7) is 7.19. The third kappa shape index (κ3) is 3.01. The normalized spacial score (nSPS) is 24.2. The van der Waals surface area contributed by atoms with Crippen molar-refractivity contribution in [1.29, 1.82) is 0 Å². The largest absolute Gasteiger partial charge is 0.459 e. The van der Waals surface area contributed by atoms with Gasteiger partial charge >= 0.3 is 0 Å². The molecule has 3 atom stereocenters. The summed E-state index contributed by atoms with van der Waals surface area (Å²) in [5, 5.41) is 5.99. The van der Waals surface area contributed by atoms with Crippen molar-refractivity contribution >= 4 is 11.8 Å². The third-order valence-electron chi connectivity index (χ3n) is 3.78. The number of furan rings is 1. The Morgan fingerprint density at radius 2 is 2.25 bits per heavy atom. The second-order valence-electron chi connectivity index (χ2n) is 5.19. The van der Waals surface area contributed by atoms with Gasteiger partial charge in [0, 0.05) is 25.2 Å². The van der Waals surface area contributed by atoms with E-state index in [0.29, 0.717) is 6.54 Å². The maximum Gasteiger partial charge on any atom is 0.287 e. The lowest BCUT2D eigenvalue weighted by molar-refractivity contribution is -0.136. The van der Waals surface area contributed by atoms with E-state index in [1.54, 1.807) is 19.1 Å². The number of nitrogens with one attached hydrogen (secondary N) is 2. The van der Waals surface area contributed by atoms with Crippen LogP contribution in [0.25, 0.3) is 0 Å². The predicted molar refractivity (Wildman–Crippen MR) is 74.3 cm³/mol. The van der Waals surface area contributed by atoms with Crippen molar-refractivity contribution < 1.29 is 14.0 Å². The number of carbonyl (C=O) groups is 2. The van der Waals surface area contributed by atoms with E-state index in [9.17, 15) is 9.59 Å². The van der Waals surface area contributed by atoms with Crippen molar-refractivity contribution in [3.63, 3.8) is 0 Å². The standard InChI is InChI=1S/C14H21N3O3/c1-9-11(3)17(7-6-15-9)14(19)10(2)16-13(18)12-5-4-8-20-12/h4-5,8-11,15H,6-7H2,1-3H3,(H,16,18). The molecule has 2 rings (SSSR count). The molecule has 1 aromatic rings. The fourth-order valence-electron chi connectivity index (χ4n) is 2.35. The quantitative estimate of drug-likeness (QED) is 0.850. The lowest BCUT2D eigenvalue weighted by Gasteiger charge is -2.39. The highest BCUT2D eigenvalue weighted by atomic mass is 16.3. The zero-order valence-corrected chi connectivity index (χ0v) is 12.1. The molecule has 0 saturated carbocycles. The summed E-state index contributed by atoms with van der Waals surface area (Å²) in [5.74, 6) is -0.219. The van der Waals surface area contributed by atoms with Crippen molar-refractivity contribution in [2.45, 2.75) is 38.9 Å². The first-order valence-electron chi connectivity index (χ1n) is 6.89. The van der Waals surface area contributed by atoms with Crippen LogP contribution in [0.5, 0.6) is 0 Å². The van der Waals surface area contributed by atoms with E-state index in [-0.39, 0.29) is 29.7 Å². The number of nitrogens with zero attached hydrogens (tertiary/aromatic N) is 1. The van der Waals surface area contributed by atoms with Gasteiger partial charge in [-0.15, -0.1) is 0 Å². The number of carbonyl (C=O) groups excluding carboxylic acids is 2. The van der Waals surface area contributed by atoms with Gasteiger partial charge in [-0.25, -0.2) is 0 Å². The molecule has 1 aromatic heterocycles. The molecule has 1 aliphatic heterocycles. The first-order valence-corrected chi connectivity index (χ1v) is 6.89. The summed E-state index contributed by atoms with van der Waals surface area (Å²) in [5.41, 5.74) is 0. The van der Waals surface area contributed by atoms with Crippen molar-refractivity contribution in [1.82, 2.24) is 15.5 Å². The van der Waals surface area contributed by atoms with Gasteiger partial charge in [-0.05, 0) is 32.9 Å². The summed E-state index contributed by atoms with van der Waals surface area (Å²) in [4.78, 5) is 26.1. The van der Waals surface area contributed by atoms with Crippen LogP contribution < -0.4 is 10.6 Å². The maximum atomic E-state index is 12.4.